The average molecular weight is 419 g/mol. The van der Waals surface area contributed by atoms with Crippen LogP contribution >= 0.6 is 20.5 Å². The summed E-state index contributed by atoms with van der Waals surface area (Å²) in [7, 11) is 4.18. The number of nitriles is 1. The quantitative estimate of drug-likeness (QED) is 0.598. The summed E-state index contributed by atoms with van der Waals surface area (Å²) >= 11 is 1.40. The van der Waals surface area contributed by atoms with E-state index >= 15 is 0 Å². The van der Waals surface area contributed by atoms with E-state index in [-0.39, 0.29) is 16.6 Å². The third-order valence-corrected chi connectivity index (χ3v) is 7.74. The molecule has 2 aromatic carbocycles. The summed E-state index contributed by atoms with van der Waals surface area (Å²) in [6, 6.07) is 23.0. The number of hydrogen-bond acceptors (Lipinski definition) is 3. The minimum absolute atomic E-state index is 0.0470. The van der Waals surface area contributed by atoms with Crippen molar-refractivity contribution >= 4 is 26.4 Å². The Labute approximate surface area is 179 Å². The maximum absolute atomic E-state index is 13.4. The van der Waals surface area contributed by atoms with Crippen LogP contribution in [0.1, 0.15) is 36.3 Å². The van der Waals surface area contributed by atoms with Crippen LogP contribution in [-0.2, 0) is 10.2 Å². The number of amides is 1. The minimum atomic E-state index is -0.697. The van der Waals surface area contributed by atoms with Crippen LogP contribution < -0.4 is 0 Å². The number of likely N-dealkylation sites (tertiary alicyclic amines) is 1. The van der Waals surface area contributed by atoms with Crippen molar-refractivity contribution in [3.63, 3.8) is 0 Å². The van der Waals surface area contributed by atoms with Gasteiger partial charge in [0.25, 0.3) is 0 Å². The van der Waals surface area contributed by atoms with Crippen LogP contribution in [0.5, 0.6) is 0 Å². The molecule has 0 N–H and O–H groups in total. The second-order valence-electron chi connectivity index (χ2n) is 7.94. The molecule has 146 valence electrons. The molecule has 4 rings (SSSR count). The second kappa shape index (κ2) is 8.76. The summed E-state index contributed by atoms with van der Waals surface area (Å²) in [5.74, 6) is -0.399. The van der Waals surface area contributed by atoms with Crippen molar-refractivity contribution in [2.75, 3.05) is 13.1 Å². The van der Waals surface area contributed by atoms with Gasteiger partial charge in [-0.15, -0.1) is 0 Å². The molecule has 2 aromatic rings. The number of benzene rings is 2. The first-order chi connectivity index (χ1) is 14.2. The van der Waals surface area contributed by atoms with Crippen LogP contribution in [0, 0.1) is 22.2 Å². The summed E-state index contributed by atoms with van der Waals surface area (Å²) in [6.07, 6.45) is 2.92. The van der Waals surface area contributed by atoms with E-state index < -0.39 is 5.92 Å². The van der Waals surface area contributed by atoms with Crippen LogP contribution in [0.25, 0.3) is 0 Å². The van der Waals surface area contributed by atoms with Gasteiger partial charge in [0.1, 0.15) is 0 Å². The number of nitrogens with zero attached hydrogens (tertiary/aromatic N) is 2. The van der Waals surface area contributed by atoms with Crippen LogP contribution in [-0.4, -0.2) is 29.1 Å². The van der Waals surface area contributed by atoms with Crippen molar-refractivity contribution in [3.05, 3.63) is 71.8 Å². The molecule has 2 aliphatic rings. The molecule has 1 heterocycles. The zero-order chi connectivity index (χ0) is 20.3. The summed E-state index contributed by atoms with van der Waals surface area (Å²) < 4.78 is 0. The van der Waals surface area contributed by atoms with Crippen molar-refractivity contribution in [3.8, 4) is 11.0 Å². The Bertz CT molecular complexity index is 946. The van der Waals surface area contributed by atoms with E-state index in [4.69, 9.17) is 0 Å². The molecule has 1 amide bonds. The molecule has 0 bridgehead atoms. The van der Waals surface area contributed by atoms with Crippen molar-refractivity contribution in [2.45, 2.75) is 35.8 Å². The molecule has 2 fully saturated rings. The van der Waals surface area contributed by atoms with Gasteiger partial charge >= 0.3 is 179 Å². The Morgan fingerprint density at radius 3 is 2.38 bits per heavy atom. The van der Waals surface area contributed by atoms with Gasteiger partial charge in [-0.3, -0.25) is 0 Å². The SMILES string of the molecule is N#CC(C(=O)N1CCC(c2ccccc2)C1)C(SC#P)C1(c2ccccc2)CC1. The summed E-state index contributed by atoms with van der Waals surface area (Å²) in [5, 5.41) is 9.84. The van der Waals surface area contributed by atoms with E-state index in [1.54, 1.807) is 0 Å². The molecule has 29 heavy (non-hydrogen) atoms. The van der Waals surface area contributed by atoms with Crippen LogP contribution in [0.4, 0.5) is 0 Å². The number of carbonyl (C=O) groups excluding carboxylic acids is 1. The molecule has 0 radical (unpaired) electrons. The van der Waals surface area contributed by atoms with E-state index in [2.05, 4.69) is 44.0 Å². The van der Waals surface area contributed by atoms with Gasteiger partial charge in [0, 0.05) is 0 Å². The zero-order valence-electron chi connectivity index (χ0n) is 16.2. The first-order valence-electron chi connectivity index (χ1n) is 10.0. The number of carbonyl (C=O) groups is 1. The summed E-state index contributed by atoms with van der Waals surface area (Å²) in [5.41, 5.74) is 2.33. The van der Waals surface area contributed by atoms with E-state index in [1.165, 1.54) is 22.9 Å². The van der Waals surface area contributed by atoms with E-state index in [0.717, 1.165) is 19.3 Å². The molecule has 1 saturated carbocycles. The molecule has 0 spiro atoms. The number of rotatable bonds is 6. The first-order valence-corrected chi connectivity index (χ1v) is 11.4. The van der Waals surface area contributed by atoms with Crippen LogP contribution in [0.15, 0.2) is 60.7 Å². The average Bonchev–Trinajstić information content (AvgIpc) is 3.43. The fraction of sp³-hybridized carbons (Fsp3) is 0.375. The molecule has 1 aliphatic heterocycles. The molecule has 1 aliphatic carbocycles. The number of thioether (sulfide) groups is 1. The fourth-order valence-corrected chi connectivity index (χ4v) is 5.97. The Morgan fingerprint density at radius 2 is 1.79 bits per heavy atom. The summed E-state index contributed by atoms with van der Waals surface area (Å²) in [6.45, 7) is 1.39. The van der Waals surface area contributed by atoms with Crippen LogP contribution in [0.2, 0.25) is 0 Å². The molecule has 0 aromatic heterocycles. The fourth-order valence-electron chi connectivity index (χ4n) is 4.61. The molecule has 3 nitrogen and oxygen atoms in total. The monoisotopic (exact) mass is 418 g/mol. The van der Waals surface area contributed by atoms with Crippen molar-refractivity contribution in [1.29, 1.82) is 5.26 Å². The molecular weight excluding hydrogens is 395 g/mol. The van der Waals surface area contributed by atoms with Gasteiger partial charge < -0.3 is 0 Å². The third kappa shape index (κ3) is 4.01. The van der Waals surface area contributed by atoms with Gasteiger partial charge in [0.15, 0.2) is 0 Å². The normalized spacial score (nSPS) is 21.6. The predicted octanol–water partition coefficient (Wildman–Crippen LogP) is 5.30. The van der Waals surface area contributed by atoms with Gasteiger partial charge in [-0.25, -0.2) is 0 Å². The predicted molar refractivity (Wildman–Crippen MR) is 119 cm³/mol. The van der Waals surface area contributed by atoms with E-state index in [1.807, 2.05) is 41.3 Å². The Kier molecular flexibility index (Phi) is 6.12. The van der Waals surface area contributed by atoms with Gasteiger partial charge in [-0.05, 0) is 0 Å². The summed E-state index contributed by atoms with van der Waals surface area (Å²) in [4.78, 5) is 18.2. The Balaban J connectivity index is 1.55. The molecular formula is C24H23N2OPS. The standard InChI is InChI=1S/C24H23N2OPS/c25-15-21(22(29-17-28)24(12-13-24)20-9-5-2-6-10-20)23(27)26-14-11-19(16-26)18-7-3-1-4-8-18/h1-10,19,21-22H,11-14,16H2. The number of hydrogen-bond donors (Lipinski definition) is 0. The Hall–Kier alpha value is -2.04. The van der Waals surface area contributed by atoms with E-state index in [0.29, 0.717) is 19.0 Å². The first kappa shape index (κ1) is 20.2. The van der Waals surface area contributed by atoms with Gasteiger partial charge in [0.2, 0.25) is 0 Å². The third-order valence-electron chi connectivity index (χ3n) is 6.34. The topological polar surface area (TPSA) is 44.1 Å². The second-order valence-corrected chi connectivity index (χ2v) is 9.41. The zero-order valence-corrected chi connectivity index (χ0v) is 17.9. The van der Waals surface area contributed by atoms with Gasteiger partial charge in [0.05, 0.1) is 0 Å². The molecule has 5 heteroatoms. The molecule has 3 atom stereocenters. The van der Waals surface area contributed by atoms with Gasteiger partial charge in [-0.1, -0.05) is 0 Å². The Morgan fingerprint density at radius 1 is 1.14 bits per heavy atom. The molecule has 1 saturated heterocycles. The van der Waals surface area contributed by atoms with Crippen molar-refractivity contribution in [1.82, 2.24) is 4.90 Å². The molecule has 3 unspecified atom stereocenters. The maximum atomic E-state index is 13.4. The van der Waals surface area contributed by atoms with Crippen molar-refractivity contribution < 1.29 is 4.79 Å². The van der Waals surface area contributed by atoms with Gasteiger partial charge in [-0.2, -0.15) is 0 Å². The van der Waals surface area contributed by atoms with Crippen molar-refractivity contribution in [2.24, 2.45) is 5.92 Å². The van der Waals surface area contributed by atoms with E-state index in [9.17, 15) is 10.1 Å². The van der Waals surface area contributed by atoms with Crippen LogP contribution in [0.3, 0.4) is 0 Å².